The number of phenolic OH excluding ortho intramolecular Hbond substituents is 1. The van der Waals surface area contributed by atoms with Crippen molar-refractivity contribution < 1.29 is 19.9 Å². The smallest absolute Gasteiger partial charge is 0.280 e. The largest absolute Gasteiger partial charge is 0.506 e. The van der Waals surface area contributed by atoms with E-state index in [1.54, 1.807) is 24.3 Å². The average Bonchev–Trinajstić information content (AvgIpc) is 2.64. The molecule has 0 unspecified atom stereocenters. The molecular formula is C17H11BrN4O6. The van der Waals surface area contributed by atoms with Gasteiger partial charge in [0.05, 0.1) is 16.3 Å². The minimum Gasteiger partial charge on any atom is -0.506 e. The van der Waals surface area contributed by atoms with Crippen LogP contribution < -0.4 is 10.9 Å². The second-order valence-electron chi connectivity index (χ2n) is 5.52. The summed E-state index contributed by atoms with van der Waals surface area (Å²) < 4.78 is 1.68. The highest BCUT2D eigenvalue weighted by Crippen LogP contribution is 2.28. The molecule has 11 heteroatoms. The lowest BCUT2D eigenvalue weighted by Gasteiger charge is -2.10. The van der Waals surface area contributed by atoms with E-state index in [1.807, 2.05) is 0 Å². The Morgan fingerprint density at radius 2 is 1.79 bits per heavy atom. The number of aromatic nitrogens is 2. The van der Waals surface area contributed by atoms with E-state index in [2.05, 4.69) is 26.3 Å². The Morgan fingerprint density at radius 3 is 2.43 bits per heavy atom. The van der Waals surface area contributed by atoms with Gasteiger partial charge in [-0.1, -0.05) is 15.9 Å². The summed E-state index contributed by atoms with van der Waals surface area (Å²) in [4.78, 5) is 34.8. The van der Waals surface area contributed by atoms with Crippen molar-refractivity contribution in [2.45, 2.75) is 0 Å². The van der Waals surface area contributed by atoms with Gasteiger partial charge in [0, 0.05) is 22.7 Å². The normalized spacial score (nSPS) is 10.5. The van der Waals surface area contributed by atoms with Gasteiger partial charge >= 0.3 is 0 Å². The van der Waals surface area contributed by atoms with Gasteiger partial charge in [0.25, 0.3) is 17.2 Å². The number of nitrogens with one attached hydrogen (secondary N) is 1. The zero-order valence-electron chi connectivity index (χ0n) is 13.9. The fraction of sp³-hybridized carbons (Fsp3) is 0. The predicted molar refractivity (Wildman–Crippen MR) is 102 cm³/mol. The molecule has 1 amide bonds. The van der Waals surface area contributed by atoms with Crippen LogP contribution in [0.5, 0.6) is 11.5 Å². The molecule has 2 aromatic carbocycles. The summed E-state index contributed by atoms with van der Waals surface area (Å²) in [7, 11) is 0. The number of hydrogen-bond donors (Lipinski definition) is 3. The lowest BCUT2D eigenvalue weighted by molar-refractivity contribution is -0.384. The number of nitro groups is 1. The first-order valence-electron chi connectivity index (χ1n) is 7.64. The third-order valence-electron chi connectivity index (χ3n) is 3.64. The van der Waals surface area contributed by atoms with Gasteiger partial charge in [0.15, 0.2) is 11.4 Å². The number of halogens is 1. The highest BCUT2D eigenvalue weighted by Gasteiger charge is 2.19. The molecule has 10 nitrogen and oxygen atoms in total. The van der Waals surface area contributed by atoms with Gasteiger partial charge in [-0.15, -0.1) is 0 Å². The Bertz CT molecular complexity index is 1140. The number of hydrogen-bond acceptors (Lipinski definition) is 7. The molecule has 3 rings (SSSR count). The first-order valence-corrected chi connectivity index (χ1v) is 8.43. The van der Waals surface area contributed by atoms with Crippen LogP contribution in [0.3, 0.4) is 0 Å². The second-order valence-corrected chi connectivity index (χ2v) is 6.43. The third kappa shape index (κ3) is 3.83. The molecule has 142 valence electrons. The molecule has 1 heterocycles. The first-order chi connectivity index (χ1) is 13.3. The van der Waals surface area contributed by atoms with Crippen LogP contribution in [0, 0.1) is 10.1 Å². The number of non-ortho nitro benzene ring substituents is 1. The van der Waals surface area contributed by atoms with Gasteiger partial charge in [-0.25, -0.2) is 0 Å². The molecule has 28 heavy (non-hydrogen) atoms. The second kappa shape index (κ2) is 7.48. The molecule has 0 saturated carbocycles. The fourth-order valence-electron chi connectivity index (χ4n) is 2.30. The minimum absolute atomic E-state index is 0.248. The van der Waals surface area contributed by atoms with Crippen molar-refractivity contribution in [1.29, 1.82) is 0 Å². The van der Waals surface area contributed by atoms with Crippen LogP contribution in [0.4, 0.5) is 11.4 Å². The lowest BCUT2D eigenvalue weighted by Crippen LogP contribution is -2.25. The number of carbonyl (C=O) groups excluding carboxylic acids is 1. The Morgan fingerprint density at radius 1 is 1.11 bits per heavy atom. The zero-order chi connectivity index (χ0) is 20.4. The standard InChI is InChI=1S/C17H11BrN4O6/c18-9-1-3-10(4-2-9)21-15(25)8-14(24)16(20-21)17(26)19-12-7-11(22(27)28)5-6-13(12)23/h1-8,23-24H,(H,19,26). The number of carbonyl (C=O) groups is 1. The molecule has 0 spiro atoms. The zero-order valence-corrected chi connectivity index (χ0v) is 15.5. The number of anilines is 1. The molecule has 0 aliphatic rings. The molecule has 3 N–H and O–H groups in total. The molecule has 0 radical (unpaired) electrons. The molecule has 0 saturated heterocycles. The first kappa shape index (κ1) is 19.0. The maximum absolute atomic E-state index is 12.5. The number of aromatic hydroxyl groups is 2. The summed E-state index contributed by atoms with van der Waals surface area (Å²) in [6.07, 6.45) is 0. The van der Waals surface area contributed by atoms with E-state index >= 15 is 0 Å². The van der Waals surface area contributed by atoms with E-state index < -0.39 is 33.6 Å². The van der Waals surface area contributed by atoms with Crippen LogP contribution in [-0.2, 0) is 0 Å². The number of amides is 1. The van der Waals surface area contributed by atoms with Crippen molar-refractivity contribution in [2.75, 3.05) is 5.32 Å². The molecule has 0 fully saturated rings. The van der Waals surface area contributed by atoms with Gasteiger partial charge in [-0.05, 0) is 30.3 Å². The fourth-order valence-corrected chi connectivity index (χ4v) is 2.56. The van der Waals surface area contributed by atoms with Crippen LogP contribution in [0.1, 0.15) is 10.5 Å². The van der Waals surface area contributed by atoms with E-state index in [1.165, 1.54) is 0 Å². The summed E-state index contributed by atoms with van der Waals surface area (Å²) in [5, 5.41) is 36.7. The van der Waals surface area contributed by atoms with Crippen molar-refractivity contribution in [1.82, 2.24) is 9.78 Å². The van der Waals surface area contributed by atoms with Crippen molar-refractivity contribution in [2.24, 2.45) is 0 Å². The molecule has 0 atom stereocenters. The summed E-state index contributed by atoms with van der Waals surface area (Å²) in [5.74, 6) is -2.07. The quantitative estimate of drug-likeness (QED) is 0.316. The SMILES string of the molecule is O=C(Nc1cc([N+](=O)[O-])ccc1O)c1nn(-c2ccc(Br)cc2)c(=O)cc1O. The lowest BCUT2D eigenvalue weighted by atomic mass is 10.2. The molecule has 1 aromatic heterocycles. The molecular weight excluding hydrogens is 436 g/mol. The molecule has 0 bridgehead atoms. The van der Waals surface area contributed by atoms with Crippen LogP contribution >= 0.6 is 15.9 Å². The topological polar surface area (TPSA) is 148 Å². The van der Waals surface area contributed by atoms with E-state index in [0.717, 1.165) is 33.4 Å². The van der Waals surface area contributed by atoms with Gasteiger partial charge in [0.2, 0.25) is 0 Å². The Hall–Kier alpha value is -3.73. The number of phenols is 1. The highest BCUT2D eigenvalue weighted by atomic mass is 79.9. The monoisotopic (exact) mass is 446 g/mol. The minimum atomic E-state index is -0.973. The Balaban J connectivity index is 1.99. The van der Waals surface area contributed by atoms with Crippen LogP contribution in [0.2, 0.25) is 0 Å². The van der Waals surface area contributed by atoms with Crippen LogP contribution in [-0.4, -0.2) is 30.8 Å². The van der Waals surface area contributed by atoms with Crippen LogP contribution in [0.15, 0.2) is 57.8 Å². The summed E-state index contributed by atoms with van der Waals surface area (Å²) in [6.45, 7) is 0. The maximum atomic E-state index is 12.5. The van der Waals surface area contributed by atoms with Gasteiger partial charge < -0.3 is 15.5 Å². The van der Waals surface area contributed by atoms with Crippen LogP contribution in [0.25, 0.3) is 5.69 Å². The number of benzene rings is 2. The number of rotatable bonds is 4. The van der Waals surface area contributed by atoms with Crippen molar-refractivity contribution in [3.8, 4) is 17.2 Å². The summed E-state index contributed by atoms with van der Waals surface area (Å²) >= 11 is 3.26. The Labute approximate surface area is 165 Å². The summed E-state index contributed by atoms with van der Waals surface area (Å²) in [5.41, 5.74) is -1.43. The molecule has 0 aliphatic heterocycles. The number of nitrogens with zero attached hydrogens (tertiary/aromatic N) is 3. The van der Waals surface area contributed by atoms with Crippen molar-refractivity contribution in [3.63, 3.8) is 0 Å². The number of nitro benzene ring substituents is 1. The van der Waals surface area contributed by atoms with Crippen molar-refractivity contribution in [3.05, 3.63) is 79.2 Å². The van der Waals surface area contributed by atoms with Gasteiger partial charge in [-0.3, -0.25) is 19.7 Å². The van der Waals surface area contributed by atoms with Gasteiger partial charge in [-0.2, -0.15) is 9.78 Å². The van der Waals surface area contributed by atoms with E-state index in [9.17, 15) is 29.9 Å². The average molecular weight is 447 g/mol. The third-order valence-corrected chi connectivity index (χ3v) is 4.17. The molecule has 3 aromatic rings. The van der Waals surface area contributed by atoms with E-state index in [0.29, 0.717) is 5.69 Å². The summed E-state index contributed by atoms with van der Waals surface area (Å²) in [6, 6.07) is 10.4. The predicted octanol–water partition coefficient (Wildman–Crippen LogP) is 2.57. The highest BCUT2D eigenvalue weighted by molar-refractivity contribution is 9.10. The van der Waals surface area contributed by atoms with Crippen molar-refractivity contribution >= 4 is 33.2 Å². The van der Waals surface area contributed by atoms with Gasteiger partial charge in [0.1, 0.15) is 5.75 Å². The molecule has 0 aliphatic carbocycles. The van der Waals surface area contributed by atoms with E-state index in [4.69, 9.17) is 0 Å². The van der Waals surface area contributed by atoms with E-state index in [-0.39, 0.29) is 11.4 Å². The maximum Gasteiger partial charge on any atom is 0.280 e. The Kier molecular flexibility index (Phi) is 5.09.